The van der Waals surface area contributed by atoms with Crippen LogP contribution < -0.4 is 16.2 Å². The average molecular weight is 243 g/mol. The number of rotatable bonds is 2. The van der Waals surface area contributed by atoms with E-state index >= 15 is 0 Å². The lowest BCUT2D eigenvalue weighted by atomic mass is 10.1. The maximum absolute atomic E-state index is 11.9. The van der Waals surface area contributed by atoms with Gasteiger partial charge in [0.25, 0.3) is 5.56 Å². The quantitative estimate of drug-likeness (QED) is 0.836. The molecule has 4 nitrogen and oxygen atoms in total. The van der Waals surface area contributed by atoms with Crippen molar-refractivity contribution in [3.63, 3.8) is 0 Å². The van der Waals surface area contributed by atoms with Crippen molar-refractivity contribution in [1.82, 2.24) is 9.88 Å². The zero-order valence-corrected chi connectivity index (χ0v) is 10.4. The summed E-state index contributed by atoms with van der Waals surface area (Å²) in [5.41, 5.74) is 1.95. The summed E-state index contributed by atoms with van der Waals surface area (Å²) in [4.78, 5) is 11.9. The van der Waals surface area contributed by atoms with E-state index in [9.17, 15) is 4.79 Å². The topological polar surface area (TPSA) is 46.1 Å². The molecule has 1 saturated heterocycles. The van der Waals surface area contributed by atoms with Gasteiger partial charge in [0.05, 0.1) is 5.52 Å². The molecule has 1 aliphatic rings. The number of aromatic nitrogens is 1. The van der Waals surface area contributed by atoms with Crippen molar-refractivity contribution in [1.29, 1.82) is 0 Å². The lowest BCUT2D eigenvalue weighted by molar-refractivity contribution is 0.793. The summed E-state index contributed by atoms with van der Waals surface area (Å²) >= 11 is 0. The molecule has 0 spiro atoms. The Morgan fingerprint density at radius 3 is 3.00 bits per heavy atom. The Morgan fingerprint density at radius 2 is 2.22 bits per heavy atom. The SMILES string of the molecule is Cn1c(=O)cc(NC2CCNC2)c2ccccc21. The van der Waals surface area contributed by atoms with Crippen LogP contribution in [0, 0.1) is 0 Å². The van der Waals surface area contributed by atoms with Crippen LogP contribution in [0.2, 0.25) is 0 Å². The Labute approximate surface area is 106 Å². The monoisotopic (exact) mass is 243 g/mol. The van der Waals surface area contributed by atoms with Crippen LogP contribution in [0.25, 0.3) is 10.9 Å². The Hall–Kier alpha value is -1.81. The first-order chi connectivity index (χ1) is 8.75. The van der Waals surface area contributed by atoms with Crippen molar-refractivity contribution >= 4 is 16.6 Å². The van der Waals surface area contributed by atoms with E-state index in [0.717, 1.165) is 36.1 Å². The molecule has 2 heterocycles. The summed E-state index contributed by atoms with van der Waals surface area (Å²) in [5.74, 6) is 0. The van der Waals surface area contributed by atoms with Gasteiger partial charge in [0.1, 0.15) is 0 Å². The van der Waals surface area contributed by atoms with Crippen LogP contribution in [-0.4, -0.2) is 23.7 Å². The molecule has 0 saturated carbocycles. The minimum absolute atomic E-state index is 0.0298. The van der Waals surface area contributed by atoms with Crippen molar-refractivity contribution in [3.05, 3.63) is 40.7 Å². The van der Waals surface area contributed by atoms with E-state index in [1.165, 1.54) is 0 Å². The summed E-state index contributed by atoms with van der Waals surface area (Å²) < 4.78 is 1.69. The van der Waals surface area contributed by atoms with E-state index in [2.05, 4.69) is 16.7 Å². The molecule has 1 atom stereocenters. The molecule has 1 aliphatic heterocycles. The summed E-state index contributed by atoms with van der Waals surface area (Å²) in [5, 5.41) is 7.90. The highest BCUT2D eigenvalue weighted by atomic mass is 16.1. The predicted octanol–water partition coefficient (Wildman–Crippen LogP) is 1.31. The Balaban J connectivity index is 2.10. The first kappa shape index (κ1) is 11.3. The zero-order chi connectivity index (χ0) is 12.5. The second-order valence-electron chi connectivity index (χ2n) is 4.81. The summed E-state index contributed by atoms with van der Waals surface area (Å²) in [7, 11) is 1.81. The van der Waals surface area contributed by atoms with Gasteiger partial charge >= 0.3 is 0 Å². The van der Waals surface area contributed by atoms with Crippen LogP contribution in [0.4, 0.5) is 5.69 Å². The van der Waals surface area contributed by atoms with Crippen molar-refractivity contribution in [3.8, 4) is 0 Å². The lowest BCUT2D eigenvalue weighted by Crippen LogP contribution is -2.24. The first-order valence-corrected chi connectivity index (χ1v) is 6.32. The summed E-state index contributed by atoms with van der Waals surface area (Å²) in [6, 6.07) is 10.1. The van der Waals surface area contributed by atoms with Gasteiger partial charge in [-0.15, -0.1) is 0 Å². The molecule has 1 fully saturated rings. The number of para-hydroxylation sites is 1. The van der Waals surface area contributed by atoms with Crippen LogP contribution in [0.5, 0.6) is 0 Å². The van der Waals surface area contributed by atoms with Crippen molar-refractivity contribution < 1.29 is 0 Å². The molecule has 2 aromatic rings. The van der Waals surface area contributed by atoms with Crippen molar-refractivity contribution in [2.75, 3.05) is 18.4 Å². The molecule has 2 N–H and O–H groups in total. The molecule has 1 aromatic carbocycles. The second kappa shape index (κ2) is 4.46. The number of hydrogen-bond donors (Lipinski definition) is 2. The minimum atomic E-state index is 0.0298. The minimum Gasteiger partial charge on any atom is -0.380 e. The fourth-order valence-electron chi connectivity index (χ4n) is 2.53. The van der Waals surface area contributed by atoms with Gasteiger partial charge in [0.15, 0.2) is 0 Å². The molecule has 3 rings (SSSR count). The highest BCUT2D eigenvalue weighted by Gasteiger charge is 2.15. The van der Waals surface area contributed by atoms with E-state index < -0.39 is 0 Å². The third kappa shape index (κ3) is 1.88. The lowest BCUT2D eigenvalue weighted by Gasteiger charge is -2.16. The van der Waals surface area contributed by atoms with Gasteiger partial charge in [-0.05, 0) is 19.0 Å². The molecule has 1 aromatic heterocycles. The van der Waals surface area contributed by atoms with Crippen molar-refractivity contribution in [2.24, 2.45) is 7.05 Å². The van der Waals surface area contributed by atoms with E-state index in [-0.39, 0.29) is 5.56 Å². The van der Waals surface area contributed by atoms with Gasteiger partial charge in [0, 0.05) is 36.8 Å². The summed E-state index contributed by atoms with van der Waals surface area (Å²) in [6.45, 7) is 2.00. The molecule has 18 heavy (non-hydrogen) atoms. The van der Waals surface area contributed by atoms with E-state index in [4.69, 9.17) is 0 Å². The fourth-order valence-corrected chi connectivity index (χ4v) is 2.53. The molecular weight excluding hydrogens is 226 g/mol. The number of pyridine rings is 1. The normalized spacial score (nSPS) is 19.3. The molecule has 4 heteroatoms. The van der Waals surface area contributed by atoms with Gasteiger partial charge in [0.2, 0.25) is 0 Å². The number of fused-ring (bicyclic) bond motifs is 1. The van der Waals surface area contributed by atoms with Gasteiger partial charge in [-0.1, -0.05) is 18.2 Å². The highest BCUT2D eigenvalue weighted by molar-refractivity contribution is 5.91. The van der Waals surface area contributed by atoms with Crippen LogP contribution in [-0.2, 0) is 7.05 Å². The maximum Gasteiger partial charge on any atom is 0.252 e. The third-order valence-electron chi connectivity index (χ3n) is 3.57. The molecule has 0 radical (unpaired) electrons. The van der Waals surface area contributed by atoms with Crippen LogP contribution >= 0.6 is 0 Å². The van der Waals surface area contributed by atoms with E-state index in [1.54, 1.807) is 10.6 Å². The molecule has 0 bridgehead atoms. The van der Waals surface area contributed by atoms with E-state index in [0.29, 0.717) is 6.04 Å². The largest absolute Gasteiger partial charge is 0.380 e. The van der Waals surface area contributed by atoms with E-state index in [1.807, 2.05) is 25.2 Å². The van der Waals surface area contributed by atoms with Gasteiger partial charge < -0.3 is 15.2 Å². The molecule has 0 amide bonds. The van der Waals surface area contributed by atoms with Crippen molar-refractivity contribution in [2.45, 2.75) is 12.5 Å². The van der Waals surface area contributed by atoms with Gasteiger partial charge in [-0.25, -0.2) is 0 Å². The maximum atomic E-state index is 11.9. The molecule has 94 valence electrons. The molecule has 1 unspecified atom stereocenters. The van der Waals surface area contributed by atoms with Crippen LogP contribution in [0.15, 0.2) is 35.1 Å². The Bertz CT molecular complexity index is 626. The molecular formula is C14H17N3O. The number of anilines is 1. The number of hydrogen-bond acceptors (Lipinski definition) is 3. The zero-order valence-electron chi connectivity index (χ0n) is 10.4. The molecule has 0 aliphatic carbocycles. The second-order valence-corrected chi connectivity index (χ2v) is 4.81. The Kier molecular flexibility index (Phi) is 2.80. The third-order valence-corrected chi connectivity index (χ3v) is 3.57. The standard InChI is InChI=1S/C14H17N3O/c1-17-13-5-3-2-4-11(13)12(8-14(17)18)16-10-6-7-15-9-10/h2-5,8,10,15-16H,6-7,9H2,1H3. The summed E-state index contributed by atoms with van der Waals surface area (Å²) in [6.07, 6.45) is 1.10. The average Bonchev–Trinajstić information content (AvgIpc) is 2.89. The highest BCUT2D eigenvalue weighted by Crippen LogP contribution is 2.22. The Morgan fingerprint density at radius 1 is 1.39 bits per heavy atom. The fraction of sp³-hybridized carbons (Fsp3) is 0.357. The smallest absolute Gasteiger partial charge is 0.252 e. The van der Waals surface area contributed by atoms with Gasteiger partial charge in [-0.2, -0.15) is 0 Å². The first-order valence-electron chi connectivity index (χ1n) is 6.32. The number of nitrogens with one attached hydrogen (secondary N) is 2. The van der Waals surface area contributed by atoms with Crippen LogP contribution in [0.1, 0.15) is 6.42 Å². The van der Waals surface area contributed by atoms with Gasteiger partial charge in [-0.3, -0.25) is 4.79 Å². The number of nitrogens with zero attached hydrogens (tertiary/aromatic N) is 1. The predicted molar refractivity (Wildman–Crippen MR) is 74.1 cm³/mol. The number of benzene rings is 1. The van der Waals surface area contributed by atoms with Crippen LogP contribution in [0.3, 0.4) is 0 Å². The number of aryl methyl sites for hydroxylation is 1.